The molecule has 15 heavy (non-hydrogen) atoms. The second kappa shape index (κ2) is 4.05. The number of benzene rings is 2. The first-order chi connectivity index (χ1) is 7.25. The number of aromatic hydroxyl groups is 1. The molecule has 0 radical (unpaired) electrons. The first-order valence-electron chi connectivity index (χ1n) is 4.87. The van der Waals surface area contributed by atoms with E-state index in [1.54, 1.807) is 6.07 Å². The van der Waals surface area contributed by atoms with Crippen molar-refractivity contribution in [2.24, 2.45) is 0 Å². The Morgan fingerprint density at radius 1 is 0.933 bits per heavy atom. The molecular formula is C13H13NO. The molecule has 2 aromatic rings. The van der Waals surface area contributed by atoms with Crippen molar-refractivity contribution in [3.8, 4) is 5.75 Å². The van der Waals surface area contributed by atoms with Crippen LogP contribution >= 0.6 is 0 Å². The van der Waals surface area contributed by atoms with Crippen molar-refractivity contribution in [2.45, 2.75) is 6.92 Å². The fourth-order valence-corrected chi connectivity index (χ4v) is 1.42. The standard InChI is InChI=1S/C13H13NO/c1-10-9-12(7-8-13(10)15)14-11-5-3-2-4-6-11/h2-9,14-15H,1H3. The number of anilines is 2. The van der Waals surface area contributed by atoms with E-state index in [9.17, 15) is 5.11 Å². The Kier molecular flexibility index (Phi) is 2.59. The Morgan fingerprint density at radius 3 is 2.33 bits per heavy atom. The summed E-state index contributed by atoms with van der Waals surface area (Å²) in [6.07, 6.45) is 0. The molecule has 0 aliphatic rings. The molecule has 2 nitrogen and oxygen atoms in total. The lowest BCUT2D eigenvalue weighted by molar-refractivity contribution is 0.471. The molecule has 0 unspecified atom stereocenters. The van der Waals surface area contributed by atoms with Gasteiger partial charge in [0.2, 0.25) is 0 Å². The average Bonchev–Trinajstić information content (AvgIpc) is 2.25. The van der Waals surface area contributed by atoms with Gasteiger partial charge in [-0.3, -0.25) is 0 Å². The van der Waals surface area contributed by atoms with Gasteiger partial charge in [-0.25, -0.2) is 0 Å². The molecule has 2 N–H and O–H groups in total. The number of para-hydroxylation sites is 1. The van der Waals surface area contributed by atoms with Crippen LogP contribution in [0.3, 0.4) is 0 Å². The summed E-state index contributed by atoms with van der Waals surface area (Å²) in [6.45, 7) is 1.88. The normalized spacial score (nSPS) is 9.93. The zero-order chi connectivity index (χ0) is 10.7. The SMILES string of the molecule is Cc1cc(Nc2ccccc2)ccc1O. The fraction of sp³-hybridized carbons (Fsp3) is 0.0769. The lowest BCUT2D eigenvalue weighted by Crippen LogP contribution is -1.89. The van der Waals surface area contributed by atoms with Crippen molar-refractivity contribution in [2.75, 3.05) is 5.32 Å². The molecule has 0 saturated carbocycles. The van der Waals surface area contributed by atoms with Gasteiger partial charge in [0.1, 0.15) is 5.75 Å². The maximum absolute atomic E-state index is 9.38. The van der Waals surface area contributed by atoms with Gasteiger partial charge in [0.05, 0.1) is 0 Å². The highest BCUT2D eigenvalue weighted by Crippen LogP contribution is 2.22. The van der Waals surface area contributed by atoms with Gasteiger partial charge >= 0.3 is 0 Å². The molecule has 76 valence electrons. The van der Waals surface area contributed by atoms with Crippen molar-refractivity contribution < 1.29 is 5.11 Å². The molecule has 2 heteroatoms. The van der Waals surface area contributed by atoms with Crippen LogP contribution in [-0.2, 0) is 0 Å². The predicted molar refractivity (Wildman–Crippen MR) is 62.6 cm³/mol. The van der Waals surface area contributed by atoms with Crippen LogP contribution in [0.25, 0.3) is 0 Å². The highest BCUT2D eigenvalue weighted by atomic mass is 16.3. The Hall–Kier alpha value is -1.96. The topological polar surface area (TPSA) is 32.3 Å². The van der Waals surface area contributed by atoms with Crippen molar-refractivity contribution in [1.29, 1.82) is 0 Å². The average molecular weight is 199 g/mol. The van der Waals surface area contributed by atoms with Crippen molar-refractivity contribution >= 4 is 11.4 Å². The van der Waals surface area contributed by atoms with E-state index in [1.165, 1.54) is 0 Å². The van der Waals surface area contributed by atoms with Crippen LogP contribution in [0.1, 0.15) is 5.56 Å². The molecule has 2 aromatic carbocycles. The molecular weight excluding hydrogens is 186 g/mol. The minimum absolute atomic E-state index is 0.327. The van der Waals surface area contributed by atoms with E-state index in [1.807, 2.05) is 49.4 Å². The van der Waals surface area contributed by atoms with E-state index in [2.05, 4.69) is 5.32 Å². The molecule has 0 aliphatic carbocycles. The summed E-state index contributed by atoms with van der Waals surface area (Å²) in [5.41, 5.74) is 2.90. The molecule has 0 bridgehead atoms. The third-order valence-corrected chi connectivity index (χ3v) is 2.26. The molecule has 0 fully saturated rings. The Labute approximate surface area is 89.2 Å². The van der Waals surface area contributed by atoms with Crippen LogP contribution in [0.15, 0.2) is 48.5 Å². The first kappa shape index (κ1) is 9.59. The monoisotopic (exact) mass is 199 g/mol. The summed E-state index contributed by atoms with van der Waals surface area (Å²) in [4.78, 5) is 0. The molecule has 0 amide bonds. The molecule has 0 spiro atoms. The zero-order valence-corrected chi connectivity index (χ0v) is 8.57. The Bertz CT molecular complexity index is 451. The number of phenols is 1. The van der Waals surface area contributed by atoms with Gasteiger partial charge in [-0.15, -0.1) is 0 Å². The predicted octanol–water partition coefficient (Wildman–Crippen LogP) is 3.44. The van der Waals surface area contributed by atoms with Gasteiger partial charge in [0.25, 0.3) is 0 Å². The number of nitrogens with one attached hydrogen (secondary N) is 1. The van der Waals surface area contributed by atoms with Crippen molar-refractivity contribution in [3.63, 3.8) is 0 Å². The maximum atomic E-state index is 9.38. The number of phenolic OH excluding ortho intramolecular Hbond substituents is 1. The Balaban J connectivity index is 2.22. The third-order valence-electron chi connectivity index (χ3n) is 2.26. The number of aryl methyl sites for hydroxylation is 1. The van der Waals surface area contributed by atoms with E-state index in [0.29, 0.717) is 5.75 Å². The molecule has 2 rings (SSSR count). The lowest BCUT2D eigenvalue weighted by atomic mass is 10.2. The van der Waals surface area contributed by atoms with Gasteiger partial charge < -0.3 is 10.4 Å². The van der Waals surface area contributed by atoms with Crippen LogP contribution in [0.4, 0.5) is 11.4 Å². The third kappa shape index (κ3) is 2.29. The number of hydrogen-bond acceptors (Lipinski definition) is 2. The minimum Gasteiger partial charge on any atom is -0.508 e. The van der Waals surface area contributed by atoms with Crippen LogP contribution in [0.2, 0.25) is 0 Å². The lowest BCUT2D eigenvalue weighted by Gasteiger charge is -2.07. The van der Waals surface area contributed by atoms with Gasteiger partial charge in [-0.1, -0.05) is 18.2 Å². The summed E-state index contributed by atoms with van der Waals surface area (Å²) < 4.78 is 0. The summed E-state index contributed by atoms with van der Waals surface area (Å²) in [5.74, 6) is 0.327. The van der Waals surface area contributed by atoms with E-state index in [0.717, 1.165) is 16.9 Å². The maximum Gasteiger partial charge on any atom is 0.118 e. The summed E-state index contributed by atoms with van der Waals surface area (Å²) in [7, 11) is 0. The molecule has 0 aliphatic heterocycles. The molecule has 0 heterocycles. The van der Waals surface area contributed by atoms with Crippen LogP contribution in [-0.4, -0.2) is 5.11 Å². The molecule has 0 aromatic heterocycles. The highest BCUT2D eigenvalue weighted by molar-refractivity contribution is 5.61. The summed E-state index contributed by atoms with van der Waals surface area (Å²) in [5, 5.41) is 12.6. The highest BCUT2D eigenvalue weighted by Gasteiger charge is 1.97. The van der Waals surface area contributed by atoms with Gasteiger partial charge in [-0.05, 0) is 42.8 Å². The summed E-state index contributed by atoms with van der Waals surface area (Å²) in [6, 6.07) is 15.4. The Morgan fingerprint density at radius 2 is 1.67 bits per heavy atom. The first-order valence-corrected chi connectivity index (χ1v) is 4.87. The quantitative estimate of drug-likeness (QED) is 0.726. The zero-order valence-electron chi connectivity index (χ0n) is 8.57. The molecule has 0 saturated heterocycles. The van der Waals surface area contributed by atoms with E-state index in [4.69, 9.17) is 0 Å². The largest absolute Gasteiger partial charge is 0.508 e. The van der Waals surface area contributed by atoms with Crippen LogP contribution in [0.5, 0.6) is 5.75 Å². The second-order valence-corrected chi connectivity index (χ2v) is 3.49. The van der Waals surface area contributed by atoms with Crippen molar-refractivity contribution in [1.82, 2.24) is 0 Å². The van der Waals surface area contributed by atoms with E-state index >= 15 is 0 Å². The van der Waals surface area contributed by atoms with Gasteiger partial charge in [0, 0.05) is 11.4 Å². The van der Waals surface area contributed by atoms with E-state index < -0.39 is 0 Å². The van der Waals surface area contributed by atoms with Gasteiger partial charge in [-0.2, -0.15) is 0 Å². The molecule has 0 atom stereocenters. The van der Waals surface area contributed by atoms with Crippen molar-refractivity contribution in [3.05, 3.63) is 54.1 Å². The second-order valence-electron chi connectivity index (χ2n) is 3.49. The fourth-order valence-electron chi connectivity index (χ4n) is 1.42. The smallest absolute Gasteiger partial charge is 0.118 e. The summed E-state index contributed by atoms with van der Waals surface area (Å²) >= 11 is 0. The number of hydrogen-bond donors (Lipinski definition) is 2. The number of rotatable bonds is 2. The van der Waals surface area contributed by atoms with Gasteiger partial charge in [0.15, 0.2) is 0 Å². The van der Waals surface area contributed by atoms with Crippen LogP contribution in [0, 0.1) is 6.92 Å². The minimum atomic E-state index is 0.327. The van der Waals surface area contributed by atoms with E-state index in [-0.39, 0.29) is 0 Å². The van der Waals surface area contributed by atoms with Crippen LogP contribution < -0.4 is 5.32 Å².